The molecule has 0 aromatic heterocycles. The smallest absolute Gasteiger partial charge is 0.0261 e. The molecule has 0 amide bonds. The molecule has 0 saturated carbocycles. The Bertz CT molecular complexity index is 263. The van der Waals surface area contributed by atoms with Gasteiger partial charge in [-0.25, -0.2) is 0 Å². The first kappa shape index (κ1) is 12.9. The first-order chi connectivity index (χ1) is 8.83. The third-order valence-electron chi connectivity index (χ3n) is 5.09. The van der Waals surface area contributed by atoms with Crippen LogP contribution in [0.15, 0.2) is 0 Å². The number of fused-ring (bicyclic) bond motifs is 1. The molecule has 1 N–H and O–H groups in total. The van der Waals surface area contributed by atoms with Crippen molar-refractivity contribution >= 4 is 0 Å². The molecule has 3 fully saturated rings. The fourth-order valence-corrected chi connectivity index (χ4v) is 3.78. The van der Waals surface area contributed by atoms with Gasteiger partial charge in [0.1, 0.15) is 0 Å². The Morgan fingerprint density at radius 2 is 1.83 bits per heavy atom. The van der Waals surface area contributed by atoms with Gasteiger partial charge in [0.05, 0.1) is 0 Å². The van der Waals surface area contributed by atoms with E-state index in [2.05, 4.69) is 27.1 Å². The van der Waals surface area contributed by atoms with Crippen molar-refractivity contribution in [3.8, 4) is 0 Å². The van der Waals surface area contributed by atoms with Crippen LogP contribution in [0.1, 0.15) is 12.8 Å². The summed E-state index contributed by atoms with van der Waals surface area (Å²) in [5, 5.41) is 3.58. The first-order valence-electron chi connectivity index (χ1n) is 7.68. The first-order valence-corrected chi connectivity index (χ1v) is 7.68. The normalized spacial score (nSPS) is 35.8. The minimum Gasteiger partial charge on any atom is -0.315 e. The van der Waals surface area contributed by atoms with E-state index in [0.29, 0.717) is 0 Å². The highest BCUT2D eigenvalue weighted by molar-refractivity contribution is 4.92. The highest BCUT2D eigenvalue weighted by Gasteiger charge is 2.34. The van der Waals surface area contributed by atoms with Gasteiger partial charge in [-0.05, 0) is 38.9 Å². The predicted octanol–water partition coefficient (Wildman–Crippen LogP) is -0.0824. The lowest BCUT2D eigenvalue weighted by Crippen LogP contribution is -2.51. The second kappa shape index (κ2) is 5.87. The van der Waals surface area contributed by atoms with Crippen molar-refractivity contribution in [2.24, 2.45) is 5.92 Å². The molecule has 3 rings (SSSR count). The van der Waals surface area contributed by atoms with Crippen LogP contribution in [0.5, 0.6) is 0 Å². The van der Waals surface area contributed by atoms with E-state index in [4.69, 9.17) is 0 Å². The third-order valence-corrected chi connectivity index (χ3v) is 5.09. The number of nitrogens with zero attached hydrogens (tertiary/aromatic N) is 3. The van der Waals surface area contributed by atoms with E-state index in [1.54, 1.807) is 0 Å². The molecular weight excluding hydrogens is 224 g/mol. The number of hydrogen-bond donors (Lipinski definition) is 1. The number of piperazine rings is 1. The molecule has 0 aromatic carbocycles. The summed E-state index contributed by atoms with van der Waals surface area (Å²) in [5.74, 6) is 0.936. The SMILES string of the molecule is CN1CCN(CCN2CCCC3CNCC32)CC1. The van der Waals surface area contributed by atoms with Gasteiger partial charge in [0.15, 0.2) is 0 Å². The Morgan fingerprint density at radius 1 is 1.00 bits per heavy atom. The molecule has 3 heterocycles. The van der Waals surface area contributed by atoms with Crippen LogP contribution in [0, 0.1) is 5.92 Å². The lowest BCUT2D eigenvalue weighted by Gasteiger charge is -2.39. The van der Waals surface area contributed by atoms with Gasteiger partial charge in [-0.1, -0.05) is 0 Å². The average molecular weight is 252 g/mol. The summed E-state index contributed by atoms with van der Waals surface area (Å²) in [6.07, 6.45) is 2.86. The van der Waals surface area contributed by atoms with E-state index < -0.39 is 0 Å². The summed E-state index contributed by atoms with van der Waals surface area (Å²) >= 11 is 0. The number of piperidine rings is 1. The van der Waals surface area contributed by atoms with Gasteiger partial charge < -0.3 is 10.2 Å². The second-order valence-corrected chi connectivity index (χ2v) is 6.31. The van der Waals surface area contributed by atoms with Crippen molar-refractivity contribution in [3.63, 3.8) is 0 Å². The van der Waals surface area contributed by atoms with Crippen LogP contribution in [0.4, 0.5) is 0 Å². The summed E-state index contributed by atoms with van der Waals surface area (Å²) in [5.41, 5.74) is 0. The molecule has 0 aliphatic carbocycles. The molecular formula is C14H28N4. The van der Waals surface area contributed by atoms with E-state index in [1.807, 2.05) is 0 Å². The summed E-state index contributed by atoms with van der Waals surface area (Å²) in [6.45, 7) is 11.4. The minimum absolute atomic E-state index is 0.839. The van der Waals surface area contributed by atoms with Crippen LogP contribution in [0.2, 0.25) is 0 Å². The highest BCUT2D eigenvalue weighted by atomic mass is 15.3. The van der Waals surface area contributed by atoms with Crippen LogP contribution >= 0.6 is 0 Å². The van der Waals surface area contributed by atoms with Gasteiger partial charge in [-0.3, -0.25) is 9.80 Å². The van der Waals surface area contributed by atoms with Crippen molar-refractivity contribution < 1.29 is 0 Å². The molecule has 4 heteroatoms. The van der Waals surface area contributed by atoms with Gasteiger partial charge in [-0.15, -0.1) is 0 Å². The van der Waals surface area contributed by atoms with Gasteiger partial charge in [0.2, 0.25) is 0 Å². The van der Waals surface area contributed by atoms with E-state index in [1.165, 1.54) is 71.7 Å². The van der Waals surface area contributed by atoms with Gasteiger partial charge in [0.25, 0.3) is 0 Å². The zero-order valence-corrected chi connectivity index (χ0v) is 11.8. The Labute approximate surface area is 111 Å². The molecule has 104 valence electrons. The number of rotatable bonds is 3. The van der Waals surface area contributed by atoms with Crippen molar-refractivity contribution in [1.82, 2.24) is 20.0 Å². The summed E-state index contributed by atoms with van der Waals surface area (Å²) in [7, 11) is 2.23. The summed E-state index contributed by atoms with van der Waals surface area (Å²) in [6, 6.07) is 0.839. The number of likely N-dealkylation sites (tertiary alicyclic amines) is 1. The quantitative estimate of drug-likeness (QED) is 0.758. The molecule has 18 heavy (non-hydrogen) atoms. The zero-order chi connectivity index (χ0) is 12.4. The van der Waals surface area contributed by atoms with Gasteiger partial charge >= 0.3 is 0 Å². The fraction of sp³-hybridized carbons (Fsp3) is 1.00. The molecule has 0 bridgehead atoms. The second-order valence-electron chi connectivity index (χ2n) is 6.31. The van der Waals surface area contributed by atoms with E-state index in [-0.39, 0.29) is 0 Å². The Morgan fingerprint density at radius 3 is 2.67 bits per heavy atom. The topological polar surface area (TPSA) is 21.8 Å². The average Bonchev–Trinajstić information content (AvgIpc) is 2.87. The van der Waals surface area contributed by atoms with E-state index in [0.717, 1.165) is 12.0 Å². The maximum absolute atomic E-state index is 3.58. The summed E-state index contributed by atoms with van der Waals surface area (Å²) < 4.78 is 0. The van der Waals surface area contributed by atoms with Crippen LogP contribution in [0.3, 0.4) is 0 Å². The maximum atomic E-state index is 3.58. The predicted molar refractivity (Wildman–Crippen MR) is 74.9 cm³/mol. The molecule has 3 aliphatic heterocycles. The van der Waals surface area contributed by atoms with Gasteiger partial charge in [0, 0.05) is 51.9 Å². The molecule has 2 atom stereocenters. The monoisotopic (exact) mass is 252 g/mol. The number of hydrogen-bond acceptors (Lipinski definition) is 4. The van der Waals surface area contributed by atoms with Crippen molar-refractivity contribution in [2.45, 2.75) is 18.9 Å². The molecule has 3 saturated heterocycles. The number of nitrogens with one attached hydrogen (secondary N) is 1. The van der Waals surface area contributed by atoms with Gasteiger partial charge in [-0.2, -0.15) is 0 Å². The lowest BCUT2D eigenvalue weighted by atomic mass is 9.92. The lowest BCUT2D eigenvalue weighted by molar-refractivity contribution is 0.0906. The van der Waals surface area contributed by atoms with Crippen LogP contribution in [0.25, 0.3) is 0 Å². The van der Waals surface area contributed by atoms with Crippen molar-refractivity contribution in [3.05, 3.63) is 0 Å². The molecule has 0 aromatic rings. The minimum atomic E-state index is 0.839. The number of likely N-dealkylation sites (N-methyl/N-ethyl adjacent to an activating group) is 1. The van der Waals surface area contributed by atoms with Crippen LogP contribution < -0.4 is 5.32 Å². The van der Waals surface area contributed by atoms with Crippen LogP contribution in [-0.2, 0) is 0 Å². The van der Waals surface area contributed by atoms with Crippen molar-refractivity contribution in [1.29, 1.82) is 0 Å². The van der Waals surface area contributed by atoms with Crippen molar-refractivity contribution in [2.75, 3.05) is 66.0 Å². The highest BCUT2D eigenvalue weighted by Crippen LogP contribution is 2.26. The van der Waals surface area contributed by atoms with E-state index >= 15 is 0 Å². The Balaban J connectivity index is 1.44. The molecule has 3 aliphatic rings. The maximum Gasteiger partial charge on any atom is 0.0261 e. The van der Waals surface area contributed by atoms with E-state index in [9.17, 15) is 0 Å². The fourth-order valence-electron chi connectivity index (χ4n) is 3.78. The summed E-state index contributed by atoms with van der Waals surface area (Å²) in [4.78, 5) is 7.84. The zero-order valence-electron chi connectivity index (χ0n) is 11.8. The molecule has 2 unspecified atom stereocenters. The largest absolute Gasteiger partial charge is 0.315 e. The standard InChI is InChI=1S/C14H28N4/c1-16-5-7-17(8-6-16)9-10-18-4-2-3-13-11-15-12-14(13)18/h13-15H,2-12H2,1H3. The Kier molecular flexibility index (Phi) is 4.19. The molecule has 4 nitrogen and oxygen atoms in total. The molecule has 0 spiro atoms. The Hall–Kier alpha value is -0.160. The third kappa shape index (κ3) is 2.87. The molecule has 0 radical (unpaired) electrons. The van der Waals surface area contributed by atoms with Crippen LogP contribution in [-0.4, -0.2) is 86.7 Å².